The fourth-order valence-corrected chi connectivity index (χ4v) is 6.30. The molecule has 1 aromatic heterocycles. The first-order valence-electron chi connectivity index (χ1n) is 13.3. The van der Waals surface area contributed by atoms with Gasteiger partial charge in [-0.15, -0.1) is 0 Å². The summed E-state index contributed by atoms with van der Waals surface area (Å²) in [5, 5.41) is 6.87. The molecule has 3 heterocycles. The molecule has 0 spiro atoms. The molecule has 0 aliphatic carbocycles. The van der Waals surface area contributed by atoms with Crippen LogP contribution in [0.3, 0.4) is 0 Å². The first-order chi connectivity index (χ1) is 19.5. The molecule has 3 atom stereocenters. The quantitative estimate of drug-likeness (QED) is 0.301. The number of fused-ring (bicyclic) bond motifs is 7. The van der Waals surface area contributed by atoms with Crippen molar-refractivity contribution in [3.8, 4) is 0 Å². The predicted octanol–water partition coefficient (Wildman–Crippen LogP) is 4.33. The van der Waals surface area contributed by atoms with Crippen LogP contribution in [0.5, 0.6) is 0 Å². The standard InChI is InChI=1S/C31H29FN4O3S/c1-40-15-14-25(29(37)33-17-18-10-12-19(32)13-11-18)35-30(38)26-16-23-20-6-4-5-9-24(20)34-27(23)28-21-7-2-3-8-22(21)31(39)36(26)28/h2-13,25-26,28,34H,14-17H2,1H3,(H,33,37)(H,35,38)/t25-,26-,28-/m0/s1. The maximum absolute atomic E-state index is 14.0. The lowest BCUT2D eigenvalue weighted by Gasteiger charge is -2.37. The van der Waals surface area contributed by atoms with E-state index in [4.69, 9.17) is 0 Å². The molecular weight excluding hydrogens is 527 g/mol. The Kier molecular flexibility index (Phi) is 7.06. The molecule has 2 aliphatic heterocycles. The van der Waals surface area contributed by atoms with Crippen molar-refractivity contribution >= 4 is 40.4 Å². The Morgan fingerprint density at radius 1 is 1.07 bits per heavy atom. The van der Waals surface area contributed by atoms with E-state index < -0.39 is 18.1 Å². The van der Waals surface area contributed by atoms with Gasteiger partial charge in [0.05, 0.1) is 6.04 Å². The number of carbonyl (C=O) groups excluding carboxylic acids is 3. The Labute approximate surface area is 235 Å². The van der Waals surface area contributed by atoms with E-state index in [1.807, 2.05) is 48.7 Å². The number of hydrogen-bond acceptors (Lipinski definition) is 4. The minimum absolute atomic E-state index is 0.188. The van der Waals surface area contributed by atoms with Gasteiger partial charge in [0.25, 0.3) is 5.91 Å². The van der Waals surface area contributed by atoms with E-state index in [9.17, 15) is 18.8 Å². The van der Waals surface area contributed by atoms with Gasteiger partial charge >= 0.3 is 0 Å². The molecule has 0 radical (unpaired) electrons. The highest BCUT2D eigenvalue weighted by atomic mass is 32.2. The second-order valence-corrected chi connectivity index (χ2v) is 11.2. The van der Waals surface area contributed by atoms with Crippen molar-refractivity contribution in [2.75, 3.05) is 12.0 Å². The number of nitrogens with zero attached hydrogens (tertiary/aromatic N) is 1. The lowest BCUT2D eigenvalue weighted by molar-refractivity contribution is -0.132. The lowest BCUT2D eigenvalue weighted by Crippen LogP contribution is -2.56. The number of thioether (sulfide) groups is 1. The van der Waals surface area contributed by atoms with Gasteiger partial charge in [0.15, 0.2) is 0 Å². The van der Waals surface area contributed by atoms with E-state index in [-0.39, 0.29) is 30.1 Å². The molecule has 0 unspecified atom stereocenters. The number of benzene rings is 3. The smallest absolute Gasteiger partial charge is 0.255 e. The molecule has 2 aliphatic rings. The van der Waals surface area contributed by atoms with Crippen LogP contribution in [-0.4, -0.2) is 51.7 Å². The molecule has 0 saturated carbocycles. The average Bonchev–Trinajstić information content (AvgIpc) is 3.49. The van der Waals surface area contributed by atoms with Crippen LogP contribution in [0.25, 0.3) is 10.9 Å². The van der Waals surface area contributed by atoms with Crippen LogP contribution in [0.2, 0.25) is 0 Å². The molecule has 204 valence electrons. The summed E-state index contributed by atoms with van der Waals surface area (Å²) in [7, 11) is 0. The number of hydrogen-bond donors (Lipinski definition) is 3. The second-order valence-electron chi connectivity index (χ2n) is 10.2. The summed E-state index contributed by atoms with van der Waals surface area (Å²) in [5.74, 6) is -0.537. The molecule has 3 N–H and O–H groups in total. The van der Waals surface area contributed by atoms with E-state index in [0.717, 1.165) is 33.3 Å². The van der Waals surface area contributed by atoms with Crippen LogP contribution < -0.4 is 10.6 Å². The molecule has 4 aromatic rings. The fourth-order valence-electron chi connectivity index (χ4n) is 5.82. The summed E-state index contributed by atoms with van der Waals surface area (Å²) in [6, 6.07) is 19.4. The number of rotatable bonds is 8. The van der Waals surface area contributed by atoms with Crippen LogP contribution in [-0.2, 0) is 22.6 Å². The van der Waals surface area contributed by atoms with Crippen molar-refractivity contribution in [1.82, 2.24) is 20.5 Å². The van der Waals surface area contributed by atoms with Gasteiger partial charge in [0.1, 0.15) is 17.9 Å². The van der Waals surface area contributed by atoms with Gasteiger partial charge in [-0.25, -0.2) is 4.39 Å². The molecule has 6 rings (SSSR count). The maximum atomic E-state index is 14.0. The van der Waals surface area contributed by atoms with Crippen LogP contribution >= 0.6 is 11.8 Å². The van der Waals surface area contributed by atoms with Gasteiger partial charge in [-0.1, -0.05) is 48.5 Å². The van der Waals surface area contributed by atoms with Crippen molar-refractivity contribution in [2.24, 2.45) is 0 Å². The Balaban J connectivity index is 1.29. The monoisotopic (exact) mass is 556 g/mol. The van der Waals surface area contributed by atoms with Crippen LogP contribution in [0.4, 0.5) is 4.39 Å². The lowest BCUT2D eigenvalue weighted by atomic mass is 9.89. The molecule has 0 fully saturated rings. The van der Waals surface area contributed by atoms with E-state index in [1.165, 1.54) is 12.1 Å². The van der Waals surface area contributed by atoms with Crippen LogP contribution in [0.15, 0.2) is 72.8 Å². The Morgan fingerprint density at radius 3 is 2.62 bits per heavy atom. The average molecular weight is 557 g/mol. The first-order valence-corrected chi connectivity index (χ1v) is 14.7. The van der Waals surface area contributed by atoms with E-state index >= 15 is 0 Å². The normalized spacial score (nSPS) is 18.1. The van der Waals surface area contributed by atoms with Gasteiger partial charge in [-0.3, -0.25) is 14.4 Å². The first kappa shape index (κ1) is 26.1. The number of nitrogens with one attached hydrogen (secondary N) is 3. The van der Waals surface area contributed by atoms with Gasteiger partial charge in [0, 0.05) is 35.1 Å². The Hall–Kier alpha value is -4.11. The summed E-state index contributed by atoms with van der Waals surface area (Å²) < 4.78 is 13.3. The number of H-pyrrole nitrogens is 1. The van der Waals surface area contributed by atoms with E-state index in [0.29, 0.717) is 24.2 Å². The van der Waals surface area contributed by atoms with Crippen molar-refractivity contribution in [2.45, 2.75) is 37.5 Å². The number of amides is 3. The topological polar surface area (TPSA) is 94.3 Å². The fraction of sp³-hybridized carbons (Fsp3) is 0.258. The summed E-state index contributed by atoms with van der Waals surface area (Å²) in [6.07, 6.45) is 2.72. The zero-order valence-corrected chi connectivity index (χ0v) is 22.8. The minimum atomic E-state index is -0.779. The zero-order chi connectivity index (χ0) is 27.8. The molecule has 9 heteroatoms. The second kappa shape index (κ2) is 10.8. The van der Waals surface area contributed by atoms with Crippen LogP contribution in [0, 0.1) is 5.82 Å². The third-order valence-electron chi connectivity index (χ3n) is 7.78. The van der Waals surface area contributed by atoms with Gasteiger partial charge in [0.2, 0.25) is 11.8 Å². The van der Waals surface area contributed by atoms with E-state index in [1.54, 1.807) is 34.9 Å². The van der Waals surface area contributed by atoms with Crippen molar-refractivity contribution in [1.29, 1.82) is 0 Å². The zero-order valence-electron chi connectivity index (χ0n) is 21.9. The van der Waals surface area contributed by atoms with Gasteiger partial charge in [-0.2, -0.15) is 11.8 Å². The number of carbonyl (C=O) groups is 3. The highest BCUT2D eigenvalue weighted by Gasteiger charge is 2.49. The number of aromatic nitrogens is 1. The van der Waals surface area contributed by atoms with Gasteiger partial charge < -0.3 is 20.5 Å². The SMILES string of the molecule is CSCC[C@H](NC(=O)[C@@H]1Cc2c([nH]c3ccccc23)[C@@H]2c3ccccc3C(=O)N21)C(=O)NCc1ccc(F)cc1. The molecule has 0 bridgehead atoms. The summed E-state index contributed by atoms with van der Waals surface area (Å²) in [4.78, 5) is 46.0. The Morgan fingerprint density at radius 2 is 1.82 bits per heavy atom. The highest BCUT2D eigenvalue weighted by Crippen LogP contribution is 2.46. The predicted molar refractivity (Wildman–Crippen MR) is 153 cm³/mol. The largest absolute Gasteiger partial charge is 0.356 e. The molecule has 3 aromatic carbocycles. The third-order valence-corrected chi connectivity index (χ3v) is 8.42. The molecule has 0 saturated heterocycles. The maximum Gasteiger partial charge on any atom is 0.255 e. The minimum Gasteiger partial charge on any atom is -0.356 e. The van der Waals surface area contributed by atoms with Gasteiger partial charge in [-0.05, 0) is 59.4 Å². The number of para-hydroxylation sites is 1. The van der Waals surface area contributed by atoms with Crippen molar-refractivity contribution < 1.29 is 18.8 Å². The highest BCUT2D eigenvalue weighted by molar-refractivity contribution is 7.98. The number of halogens is 1. The summed E-state index contributed by atoms with van der Waals surface area (Å²) in [5.41, 5.74) is 5.12. The number of aromatic amines is 1. The summed E-state index contributed by atoms with van der Waals surface area (Å²) in [6.45, 7) is 0.217. The Bertz CT molecular complexity index is 1600. The summed E-state index contributed by atoms with van der Waals surface area (Å²) >= 11 is 1.59. The van der Waals surface area contributed by atoms with Crippen LogP contribution in [0.1, 0.15) is 45.2 Å². The molecule has 3 amide bonds. The molecule has 40 heavy (non-hydrogen) atoms. The van der Waals surface area contributed by atoms with Crippen molar-refractivity contribution in [3.63, 3.8) is 0 Å². The van der Waals surface area contributed by atoms with Crippen molar-refractivity contribution in [3.05, 3.63) is 107 Å². The molecule has 7 nitrogen and oxygen atoms in total. The van der Waals surface area contributed by atoms with E-state index in [2.05, 4.69) is 15.6 Å². The molecular formula is C31H29FN4O3S. The third kappa shape index (κ3) is 4.64.